The second-order valence-electron chi connectivity index (χ2n) is 6.10. The van der Waals surface area contributed by atoms with Crippen LogP contribution in [-0.4, -0.2) is 11.8 Å². The van der Waals surface area contributed by atoms with Crippen LogP contribution in [0.25, 0.3) is 6.08 Å². The number of halogens is 1. The summed E-state index contributed by atoms with van der Waals surface area (Å²) in [6.07, 6.45) is 1.50. The van der Waals surface area contributed by atoms with Crippen LogP contribution in [0.3, 0.4) is 0 Å². The lowest BCUT2D eigenvalue weighted by Crippen LogP contribution is -2.34. The fourth-order valence-electron chi connectivity index (χ4n) is 2.53. The quantitative estimate of drug-likeness (QED) is 0.611. The van der Waals surface area contributed by atoms with Gasteiger partial charge in [-0.15, -0.1) is 0 Å². The molecule has 0 fully saturated rings. The maximum Gasteiger partial charge on any atom is 0.268 e. The number of benzene rings is 2. The Morgan fingerprint density at radius 1 is 1.00 bits per heavy atom. The van der Waals surface area contributed by atoms with Crippen molar-refractivity contribution in [3.8, 4) is 0 Å². The van der Waals surface area contributed by atoms with Crippen LogP contribution in [0.5, 0.6) is 0 Å². The Morgan fingerprint density at radius 3 is 2.39 bits per heavy atom. The summed E-state index contributed by atoms with van der Waals surface area (Å²) in [5.74, 6) is 0.339. The molecule has 0 radical (unpaired) electrons. The van der Waals surface area contributed by atoms with Gasteiger partial charge in [0.15, 0.2) is 0 Å². The monoisotopic (exact) mass is 394 g/mol. The van der Waals surface area contributed by atoms with Crippen molar-refractivity contribution in [1.29, 1.82) is 0 Å². The highest BCUT2D eigenvalue weighted by atomic mass is 35.5. The van der Waals surface area contributed by atoms with Crippen LogP contribution in [0, 0.1) is 6.92 Å². The fourth-order valence-corrected chi connectivity index (χ4v) is 2.73. The minimum absolute atomic E-state index is 0.0789. The van der Waals surface area contributed by atoms with E-state index in [2.05, 4.69) is 10.6 Å². The Labute approximate surface area is 168 Å². The summed E-state index contributed by atoms with van der Waals surface area (Å²) in [6.45, 7) is 2.03. The summed E-state index contributed by atoms with van der Waals surface area (Å²) in [4.78, 5) is 25.2. The summed E-state index contributed by atoms with van der Waals surface area (Å²) >= 11 is 6.13. The standard InChI is InChI=1S/C22H19ClN2O3/c1-15-11-12-18(28-15)13-20(25-21(26)16-7-3-2-4-8-16)22(27)24-14-17-9-5-6-10-19(17)23/h2-13H,14H2,1H3,(H,24,27)(H,25,26)/b20-13-. The summed E-state index contributed by atoms with van der Waals surface area (Å²) < 4.78 is 5.50. The smallest absolute Gasteiger partial charge is 0.268 e. The molecule has 0 unspecified atom stereocenters. The van der Waals surface area contributed by atoms with Crippen molar-refractivity contribution >= 4 is 29.5 Å². The van der Waals surface area contributed by atoms with Crippen molar-refractivity contribution < 1.29 is 14.0 Å². The van der Waals surface area contributed by atoms with Gasteiger partial charge in [0.05, 0.1) is 0 Å². The third kappa shape index (κ3) is 5.11. The van der Waals surface area contributed by atoms with Crippen LogP contribution in [0.4, 0.5) is 0 Å². The van der Waals surface area contributed by atoms with Gasteiger partial charge in [-0.3, -0.25) is 9.59 Å². The molecule has 6 heteroatoms. The third-order valence-electron chi connectivity index (χ3n) is 3.97. The van der Waals surface area contributed by atoms with E-state index in [0.29, 0.717) is 22.1 Å². The molecule has 0 saturated heterocycles. The molecule has 0 spiro atoms. The number of hydrogen-bond donors (Lipinski definition) is 2. The highest BCUT2D eigenvalue weighted by Crippen LogP contribution is 2.15. The lowest BCUT2D eigenvalue weighted by molar-refractivity contribution is -0.117. The molecule has 0 saturated carbocycles. The Balaban J connectivity index is 1.79. The summed E-state index contributed by atoms with van der Waals surface area (Å²) in [5.41, 5.74) is 1.30. The lowest BCUT2D eigenvalue weighted by Gasteiger charge is -2.11. The maximum atomic E-state index is 12.7. The fraction of sp³-hybridized carbons (Fsp3) is 0.0909. The normalized spacial score (nSPS) is 11.1. The van der Waals surface area contributed by atoms with Gasteiger partial charge in [0.2, 0.25) is 0 Å². The zero-order valence-corrected chi connectivity index (χ0v) is 16.0. The Bertz CT molecular complexity index is 1010. The third-order valence-corrected chi connectivity index (χ3v) is 4.34. The first kappa shape index (κ1) is 19.5. The average molecular weight is 395 g/mol. The molecule has 0 bridgehead atoms. The van der Waals surface area contributed by atoms with Crippen molar-refractivity contribution in [2.45, 2.75) is 13.5 Å². The van der Waals surface area contributed by atoms with E-state index in [9.17, 15) is 9.59 Å². The van der Waals surface area contributed by atoms with Crippen LogP contribution >= 0.6 is 11.6 Å². The first-order valence-corrected chi connectivity index (χ1v) is 9.07. The second kappa shape index (κ2) is 9.06. The molecule has 2 aromatic carbocycles. The van der Waals surface area contributed by atoms with Crippen molar-refractivity contribution in [2.75, 3.05) is 0 Å². The Morgan fingerprint density at radius 2 is 1.71 bits per heavy atom. The molecule has 0 aliphatic carbocycles. The predicted octanol–water partition coefficient (Wildman–Crippen LogP) is 4.33. The van der Waals surface area contributed by atoms with Gasteiger partial charge in [-0.1, -0.05) is 48.0 Å². The van der Waals surface area contributed by atoms with Crippen molar-refractivity contribution in [3.05, 3.63) is 100 Å². The molecule has 2 amide bonds. The number of hydrogen-bond acceptors (Lipinski definition) is 3. The van der Waals surface area contributed by atoms with E-state index >= 15 is 0 Å². The number of nitrogens with one attached hydrogen (secondary N) is 2. The Kier molecular flexibility index (Phi) is 6.29. The number of amides is 2. The average Bonchev–Trinajstić information content (AvgIpc) is 3.12. The topological polar surface area (TPSA) is 71.3 Å². The van der Waals surface area contributed by atoms with Crippen LogP contribution in [0.1, 0.15) is 27.4 Å². The molecule has 5 nitrogen and oxygen atoms in total. The van der Waals surface area contributed by atoms with E-state index in [1.165, 1.54) is 6.08 Å². The van der Waals surface area contributed by atoms with E-state index in [-0.39, 0.29) is 18.1 Å². The van der Waals surface area contributed by atoms with Gasteiger partial charge in [-0.05, 0) is 42.8 Å². The van der Waals surface area contributed by atoms with Crippen molar-refractivity contribution in [3.63, 3.8) is 0 Å². The van der Waals surface area contributed by atoms with Crippen LogP contribution in [-0.2, 0) is 11.3 Å². The van der Waals surface area contributed by atoms with Crippen LogP contribution in [0.2, 0.25) is 5.02 Å². The largest absolute Gasteiger partial charge is 0.462 e. The van der Waals surface area contributed by atoms with Crippen molar-refractivity contribution in [1.82, 2.24) is 10.6 Å². The van der Waals surface area contributed by atoms with Gasteiger partial charge in [-0.25, -0.2) is 0 Å². The van der Waals surface area contributed by atoms with E-state index in [1.807, 2.05) is 24.3 Å². The summed E-state index contributed by atoms with van der Waals surface area (Å²) in [5, 5.41) is 5.99. The minimum atomic E-state index is -0.446. The summed E-state index contributed by atoms with van der Waals surface area (Å²) in [6, 6.07) is 19.4. The van der Waals surface area contributed by atoms with E-state index < -0.39 is 5.91 Å². The van der Waals surface area contributed by atoms with Crippen LogP contribution < -0.4 is 10.6 Å². The van der Waals surface area contributed by atoms with Gasteiger partial charge >= 0.3 is 0 Å². The maximum absolute atomic E-state index is 12.7. The van der Waals surface area contributed by atoms with Crippen LogP contribution in [0.15, 0.2) is 76.8 Å². The summed E-state index contributed by atoms with van der Waals surface area (Å²) in [7, 11) is 0. The van der Waals surface area contributed by atoms with Gasteiger partial charge in [0.1, 0.15) is 17.2 Å². The molecule has 1 heterocycles. The van der Waals surface area contributed by atoms with E-state index in [1.54, 1.807) is 49.4 Å². The number of furan rings is 1. The van der Waals surface area contributed by atoms with Gasteiger partial charge in [0.25, 0.3) is 11.8 Å². The number of rotatable bonds is 6. The number of carbonyl (C=O) groups excluding carboxylic acids is 2. The van der Waals surface area contributed by atoms with Gasteiger partial charge in [0, 0.05) is 23.2 Å². The first-order chi connectivity index (χ1) is 13.5. The number of carbonyl (C=O) groups is 2. The molecule has 3 rings (SSSR count). The van der Waals surface area contributed by atoms with E-state index in [0.717, 1.165) is 5.56 Å². The first-order valence-electron chi connectivity index (χ1n) is 8.69. The van der Waals surface area contributed by atoms with Gasteiger partial charge < -0.3 is 15.1 Å². The SMILES string of the molecule is Cc1ccc(/C=C(\NC(=O)c2ccccc2)C(=O)NCc2ccccc2Cl)o1. The molecule has 0 atom stereocenters. The molecule has 0 aliphatic rings. The minimum Gasteiger partial charge on any atom is -0.462 e. The molecular weight excluding hydrogens is 376 g/mol. The molecule has 142 valence electrons. The van der Waals surface area contributed by atoms with Crippen molar-refractivity contribution in [2.24, 2.45) is 0 Å². The molecule has 28 heavy (non-hydrogen) atoms. The Hall–Kier alpha value is -3.31. The highest BCUT2D eigenvalue weighted by Gasteiger charge is 2.15. The zero-order chi connectivity index (χ0) is 19.9. The molecule has 0 aliphatic heterocycles. The number of aryl methyl sites for hydroxylation is 1. The second-order valence-corrected chi connectivity index (χ2v) is 6.51. The highest BCUT2D eigenvalue weighted by molar-refractivity contribution is 6.31. The van der Waals surface area contributed by atoms with Gasteiger partial charge in [-0.2, -0.15) is 0 Å². The lowest BCUT2D eigenvalue weighted by atomic mass is 10.2. The van der Waals surface area contributed by atoms with E-state index in [4.69, 9.17) is 16.0 Å². The molecule has 2 N–H and O–H groups in total. The predicted molar refractivity (Wildman–Crippen MR) is 109 cm³/mol. The molecule has 3 aromatic rings. The molecular formula is C22H19ClN2O3. The zero-order valence-electron chi connectivity index (χ0n) is 15.2. The molecule has 1 aromatic heterocycles.